The van der Waals surface area contributed by atoms with E-state index in [1.165, 1.54) is 0 Å². The molecule has 1 aromatic rings. The summed E-state index contributed by atoms with van der Waals surface area (Å²) >= 11 is 0. The van der Waals surface area contributed by atoms with Crippen molar-refractivity contribution in [3.8, 4) is 5.88 Å². The highest BCUT2D eigenvalue weighted by molar-refractivity contribution is 5.11. The van der Waals surface area contributed by atoms with Gasteiger partial charge in [-0.1, -0.05) is 0 Å². The van der Waals surface area contributed by atoms with E-state index in [2.05, 4.69) is 9.84 Å². The topological polar surface area (TPSA) is 27.1 Å². The van der Waals surface area contributed by atoms with Gasteiger partial charge in [-0.3, -0.25) is 0 Å². The summed E-state index contributed by atoms with van der Waals surface area (Å²) in [6.07, 6.45) is -4.97. The van der Waals surface area contributed by atoms with Gasteiger partial charge in [0.05, 0.1) is 6.20 Å². The van der Waals surface area contributed by atoms with E-state index in [-0.39, 0.29) is 6.20 Å². The lowest BCUT2D eigenvalue weighted by molar-refractivity contribution is -0.218. The highest BCUT2D eigenvalue weighted by Crippen LogP contribution is 2.29. The molecule has 0 saturated carbocycles. The predicted molar refractivity (Wildman–Crippen MR) is 30.1 cm³/mol. The first-order valence-electron chi connectivity index (χ1n) is 3.08. The Hall–Kier alpha value is -1.41. The minimum atomic E-state index is -5.10. The second kappa shape index (κ2) is 3.39. The molecular weight excluding hydrogens is 218 g/mol. The summed E-state index contributed by atoms with van der Waals surface area (Å²) in [5, 5.41) is 2.50. The molecule has 0 fully saturated rings. The fraction of sp³-hybridized carbons (Fsp3) is 0.400. The molecule has 0 aromatic carbocycles. The molecule has 80 valence electrons. The highest BCUT2D eigenvalue weighted by Gasteiger charge is 2.37. The molecule has 0 radical (unpaired) electrons. The average Bonchev–Trinajstić information content (AvgIpc) is 2.30. The van der Waals surface area contributed by atoms with Crippen LogP contribution in [0.1, 0.15) is 0 Å². The molecule has 1 heterocycles. The van der Waals surface area contributed by atoms with Crippen molar-refractivity contribution in [1.29, 1.82) is 0 Å². The van der Waals surface area contributed by atoms with Gasteiger partial charge in [0.2, 0.25) is 5.82 Å². The third-order valence-electron chi connectivity index (χ3n) is 1.12. The van der Waals surface area contributed by atoms with Gasteiger partial charge in [0, 0.05) is 0 Å². The van der Waals surface area contributed by atoms with Gasteiger partial charge in [0.25, 0.3) is 5.88 Å². The van der Waals surface area contributed by atoms with Gasteiger partial charge < -0.3 is 4.74 Å². The van der Waals surface area contributed by atoms with Crippen LogP contribution in [0.25, 0.3) is 0 Å². The van der Waals surface area contributed by atoms with Gasteiger partial charge in [0.15, 0.2) is 0 Å². The van der Waals surface area contributed by atoms with Crippen LogP contribution >= 0.6 is 0 Å². The first-order chi connectivity index (χ1) is 6.32. The largest absolute Gasteiger partial charge is 0.507 e. The van der Waals surface area contributed by atoms with Crippen molar-refractivity contribution >= 4 is 0 Å². The molecule has 14 heavy (non-hydrogen) atoms. The summed E-state index contributed by atoms with van der Waals surface area (Å²) in [6, 6.07) is 0. The van der Waals surface area contributed by atoms with Crippen molar-refractivity contribution in [1.82, 2.24) is 9.78 Å². The molecule has 0 unspecified atom stereocenters. The van der Waals surface area contributed by atoms with Gasteiger partial charge in [-0.05, 0) is 0 Å². The van der Waals surface area contributed by atoms with E-state index in [4.69, 9.17) is 0 Å². The average molecular weight is 220 g/mol. The number of ether oxygens (including phenoxy) is 1. The minimum absolute atomic E-state index is 0.130. The molecule has 0 bridgehead atoms. The molecule has 9 heteroatoms. The highest BCUT2D eigenvalue weighted by atomic mass is 19.4. The fourth-order valence-corrected chi connectivity index (χ4v) is 0.688. The van der Waals surface area contributed by atoms with Crippen molar-refractivity contribution in [2.75, 3.05) is 0 Å². The quantitative estimate of drug-likeness (QED) is 0.713. The summed E-state index contributed by atoms with van der Waals surface area (Å²) in [7, 11) is 0. The summed E-state index contributed by atoms with van der Waals surface area (Å²) in [6.45, 7) is -3.55. The number of aromatic nitrogens is 2. The molecule has 0 N–H and O–H groups in total. The molecule has 0 amide bonds. The fourth-order valence-electron chi connectivity index (χ4n) is 0.688. The Bertz CT molecular complexity index is 319. The SMILES string of the molecule is Fc1cnn(C(F)(F)F)c1OC(F)F. The lowest BCUT2D eigenvalue weighted by Gasteiger charge is -2.10. The second-order valence-electron chi connectivity index (χ2n) is 2.06. The maximum Gasteiger partial charge on any atom is 0.507 e. The van der Waals surface area contributed by atoms with E-state index in [9.17, 15) is 26.3 Å². The molecule has 1 rings (SSSR count). The Balaban J connectivity index is 3.06. The van der Waals surface area contributed by atoms with Crippen LogP contribution in [0.3, 0.4) is 0 Å². The number of halogens is 6. The van der Waals surface area contributed by atoms with Crippen LogP contribution in [0.2, 0.25) is 0 Å². The second-order valence-corrected chi connectivity index (χ2v) is 2.06. The Labute approximate surface area is 72.9 Å². The first-order valence-corrected chi connectivity index (χ1v) is 3.08. The third-order valence-corrected chi connectivity index (χ3v) is 1.12. The van der Waals surface area contributed by atoms with Gasteiger partial charge in [-0.2, -0.15) is 18.3 Å². The number of alkyl halides is 5. The van der Waals surface area contributed by atoms with Crippen LogP contribution in [-0.2, 0) is 6.30 Å². The van der Waals surface area contributed by atoms with Crippen LogP contribution in [0, 0.1) is 5.82 Å². The summed E-state index contributed by atoms with van der Waals surface area (Å²) in [5.74, 6) is -3.27. The standard InChI is InChI=1S/C5H2F6N2O/c6-2-1-12-13(5(9,10)11)3(2)14-4(7)8/h1,4H. The number of rotatable bonds is 2. The van der Waals surface area contributed by atoms with E-state index in [1.807, 2.05) is 0 Å². The Kier molecular flexibility index (Phi) is 2.58. The predicted octanol–water partition coefficient (Wildman–Crippen LogP) is 2.10. The van der Waals surface area contributed by atoms with Crippen LogP contribution in [-0.4, -0.2) is 16.4 Å². The molecule has 0 saturated heterocycles. The molecule has 0 atom stereocenters. The maximum absolute atomic E-state index is 12.5. The zero-order chi connectivity index (χ0) is 10.9. The minimum Gasteiger partial charge on any atom is -0.414 e. The molecule has 1 aromatic heterocycles. The lowest BCUT2D eigenvalue weighted by Crippen LogP contribution is -2.21. The number of hydrogen-bond donors (Lipinski definition) is 0. The zero-order valence-corrected chi connectivity index (χ0v) is 6.23. The van der Waals surface area contributed by atoms with E-state index in [1.54, 1.807) is 0 Å². The van der Waals surface area contributed by atoms with Crippen LogP contribution in [0.4, 0.5) is 26.3 Å². The van der Waals surface area contributed by atoms with E-state index in [0.717, 1.165) is 0 Å². The monoisotopic (exact) mass is 220 g/mol. The summed E-state index contributed by atoms with van der Waals surface area (Å²) in [4.78, 5) is 0. The van der Waals surface area contributed by atoms with Crippen molar-refractivity contribution in [2.45, 2.75) is 12.9 Å². The molecule has 0 aliphatic heterocycles. The summed E-state index contributed by atoms with van der Waals surface area (Å²) < 4.78 is 73.7. The first kappa shape index (κ1) is 10.7. The normalized spacial score (nSPS) is 12.2. The van der Waals surface area contributed by atoms with Gasteiger partial charge >= 0.3 is 12.9 Å². The van der Waals surface area contributed by atoms with Crippen LogP contribution in [0.15, 0.2) is 6.20 Å². The van der Waals surface area contributed by atoms with Gasteiger partial charge in [-0.15, -0.1) is 17.9 Å². The smallest absolute Gasteiger partial charge is 0.414 e. The van der Waals surface area contributed by atoms with Crippen molar-refractivity contribution < 1.29 is 31.1 Å². The molecule has 0 aliphatic carbocycles. The van der Waals surface area contributed by atoms with Crippen LogP contribution < -0.4 is 4.74 Å². The van der Waals surface area contributed by atoms with Gasteiger partial charge in [0.1, 0.15) is 0 Å². The van der Waals surface area contributed by atoms with E-state index < -0.39 is 29.3 Å². The Morgan fingerprint density at radius 3 is 2.36 bits per heavy atom. The molecule has 0 aliphatic rings. The van der Waals surface area contributed by atoms with E-state index >= 15 is 0 Å². The summed E-state index contributed by atoms with van der Waals surface area (Å²) in [5.41, 5.74) is 0. The third kappa shape index (κ3) is 2.09. The number of hydrogen-bond acceptors (Lipinski definition) is 2. The zero-order valence-electron chi connectivity index (χ0n) is 6.23. The van der Waals surface area contributed by atoms with Crippen molar-refractivity contribution in [3.63, 3.8) is 0 Å². The molecule has 3 nitrogen and oxygen atoms in total. The van der Waals surface area contributed by atoms with Crippen LogP contribution in [0.5, 0.6) is 5.88 Å². The maximum atomic E-state index is 12.5. The lowest BCUT2D eigenvalue weighted by atomic mass is 10.6. The Morgan fingerprint density at radius 2 is 1.93 bits per heavy atom. The van der Waals surface area contributed by atoms with Crippen molar-refractivity contribution in [3.05, 3.63) is 12.0 Å². The molecule has 0 spiro atoms. The molecular formula is C5H2F6N2O. The van der Waals surface area contributed by atoms with Gasteiger partial charge in [-0.25, -0.2) is 0 Å². The van der Waals surface area contributed by atoms with E-state index in [0.29, 0.717) is 0 Å². The number of nitrogens with zero attached hydrogens (tertiary/aromatic N) is 2. The van der Waals surface area contributed by atoms with Crippen molar-refractivity contribution in [2.24, 2.45) is 0 Å². The Morgan fingerprint density at radius 1 is 1.36 bits per heavy atom.